The van der Waals surface area contributed by atoms with Crippen LogP contribution in [0.5, 0.6) is 5.75 Å². The van der Waals surface area contributed by atoms with E-state index in [0.717, 1.165) is 5.39 Å². The normalized spacial score (nSPS) is 10.3. The Bertz CT molecular complexity index is 385. The first-order valence-electron chi connectivity index (χ1n) is 3.52. The van der Waals surface area contributed by atoms with Crippen molar-refractivity contribution in [2.75, 3.05) is 5.73 Å². The number of nitrogen functional groups attached to an aromatic ring is 1. The third-order valence-corrected chi connectivity index (χ3v) is 1.74. The molecule has 2 aromatic rings. The van der Waals surface area contributed by atoms with E-state index < -0.39 is 0 Å². The predicted molar refractivity (Wildman–Crippen MR) is 46.7 cm³/mol. The Morgan fingerprint density at radius 1 is 1.42 bits per heavy atom. The van der Waals surface area contributed by atoms with Crippen molar-refractivity contribution >= 4 is 16.6 Å². The molecule has 0 aliphatic heterocycles. The van der Waals surface area contributed by atoms with Gasteiger partial charge in [-0.25, -0.2) is 4.98 Å². The first-order valence-corrected chi connectivity index (χ1v) is 3.52. The molecule has 2 rings (SSSR count). The maximum Gasteiger partial charge on any atom is 0.141 e. The zero-order valence-electron chi connectivity index (χ0n) is 6.28. The van der Waals surface area contributed by atoms with E-state index in [1.807, 2.05) is 0 Å². The molecule has 1 heterocycles. The standard InChI is InChI=1S/C9H7N2O/c10-9-7-4-2-1-3-6(7)8(12)5-11-9/h1,3-5,12H,(H2,10,11). The van der Waals surface area contributed by atoms with Gasteiger partial charge < -0.3 is 10.8 Å². The lowest BCUT2D eigenvalue weighted by Gasteiger charge is -2.01. The Morgan fingerprint density at radius 2 is 2.25 bits per heavy atom. The van der Waals surface area contributed by atoms with Crippen molar-refractivity contribution in [3.63, 3.8) is 0 Å². The minimum absolute atomic E-state index is 0.146. The fourth-order valence-corrected chi connectivity index (χ4v) is 1.14. The van der Waals surface area contributed by atoms with Crippen LogP contribution < -0.4 is 5.73 Å². The van der Waals surface area contributed by atoms with Crippen LogP contribution in [0.15, 0.2) is 24.4 Å². The lowest BCUT2D eigenvalue weighted by molar-refractivity contribution is 0.479. The molecular formula is C9H7N2O. The highest BCUT2D eigenvalue weighted by atomic mass is 16.3. The molecule has 0 aliphatic rings. The Labute approximate surface area is 69.5 Å². The summed E-state index contributed by atoms with van der Waals surface area (Å²) in [6.07, 6.45) is 1.34. The van der Waals surface area contributed by atoms with E-state index in [0.29, 0.717) is 11.2 Å². The van der Waals surface area contributed by atoms with Gasteiger partial charge in [0.25, 0.3) is 0 Å². The highest BCUT2D eigenvalue weighted by molar-refractivity contribution is 5.94. The number of anilines is 1. The minimum atomic E-state index is 0.146. The summed E-state index contributed by atoms with van der Waals surface area (Å²) in [6, 6.07) is 8.05. The second-order valence-electron chi connectivity index (χ2n) is 2.50. The molecule has 3 N–H and O–H groups in total. The van der Waals surface area contributed by atoms with Crippen molar-refractivity contribution in [3.05, 3.63) is 30.5 Å². The van der Waals surface area contributed by atoms with Crippen LogP contribution in [0.4, 0.5) is 5.82 Å². The molecule has 3 heteroatoms. The summed E-state index contributed by atoms with van der Waals surface area (Å²) in [5, 5.41) is 10.8. The Balaban J connectivity index is 2.95. The van der Waals surface area contributed by atoms with Gasteiger partial charge in [-0.05, 0) is 18.2 Å². The second kappa shape index (κ2) is 2.37. The monoisotopic (exact) mass is 159 g/mol. The number of aromatic nitrogens is 1. The molecule has 0 unspecified atom stereocenters. The zero-order chi connectivity index (χ0) is 8.55. The van der Waals surface area contributed by atoms with Gasteiger partial charge in [0.15, 0.2) is 0 Å². The van der Waals surface area contributed by atoms with Crippen molar-refractivity contribution in [3.8, 4) is 5.75 Å². The predicted octanol–water partition coefficient (Wildman–Crippen LogP) is 1.32. The third kappa shape index (κ3) is 0.871. The fourth-order valence-electron chi connectivity index (χ4n) is 1.14. The second-order valence-corrected chi connectivity index (χ2v) is 2.50. The number of aromatic hydroxyl groups is 1. The largest absolute Gasteiger partial charge is 0.506 e. The molecule has 0 spiro atoms. The van der Waals surface area contributed by atoms with Crippen LogP contribution in [-0.2, 0) is 0 Å². The Kier molecular flexibility index (Phi) is 1.37. The molecule has 1 aromatic carbocycles. The number of hydrogen-bond acceptors (Lipinski definition) is 3. The SMILES string of the molecule is Nc1ncc(O)c2cc[c]cc12. The number of nitrogens with two attached hydrogens (primary N) is 1. The highest BCUT2D eigenvalue weighted by Crippen LogP contribution is 2.25. The van der Waals surface area contributed by atoms with Crippen LogP contribution in [0.25, 0.3) is 10.8 Å². The average Bonchev–Trinajstić information content (AvgIpc) is 2.12. The maximum atomic E-state index is 9.36. The molecule has 0 aliphatic carbocycles. The third-order valence-electron chi connectivity index (χ3n) is 1.74. The van der Waals surface area contributed by atoms with Gasteiger partial charge in [0, 0.05) is 10.8 Å². The summed E-state index contributed by atoms with van der Waals surface area (Å²) in [4.78, 5) is 3.81. The van der Waals surface area contributed by atoms with Crippen LogP contribution in [0, 0.1) is 6.07 Å². The van der Waals surface area contributed by atoms with Crippen LogP contribution >= 0.6 is 0 Å². The van der Waals surface area contributed by atoms with Crippen molar-refractivity contribution in [2.24, 2.45) is 0 Å². The first-order chi connectivity index (χ1) is 5.79. The van der Waals surface area contributed by atoms with E-state index in [4.69, 9.17) is 5.73 Å². The summed E-state index contributed by atoms with van der Waals surface area (Å²) < 4.78 is 0. The number of nitrogens with zero attached hydrogens (tertiary/aromatic N) is 1. The van der Waals surface area contributed by atoms with Gasteiger partial charge in [-0.2, -0.15) is 0 Å². The summed E-state index contributed by atoms with van der Waals surface area (Å²) in [5.74, 6) is 0.563. The smallest absolute Gasteiger partial charge is 0.141 e. The molecule has 0 amide bonds. The fraction of sp³-hybridized carbons (Fsp3) is 0. The van der Waals surface area contributed by atoms with Gasteiger partial charge in [-0.1, -0.05) is 6.07 Å². The topological polar surface area (TPSA) is 59.1 Å². The van der Waals surface area contributed by atoms with E-state index in [1.54, 1.807) is 18.2 Å². The number of rotatable bonds is 0. The quantitative estimate of drug-likeness (QED) is 0.609. The zero-order valence-corrected chi connectivity index (χ0v) is 6.28. The van der Waals surface area contributed by atoms with Gasteiger partial charge in [0.1, 0.15) is 11.6 Å². The van der Waals surface area contributed by atoms with Crippen molar-refractivity contribution in [1.29, 1.82) is 0 Å². The molecule has 0 atom stereocenters. The van der Waals surface area contributed by atoms with Gasteiger partial charge >= 0.3 is 0 Å². The van der Waals surface area contributed by atoms with Gasteiger partial charge in [0.2, 0.25) is 0 Å². The van der Waals surface area contributed by atoms with E-state index >= 15 is 0 Å². The summed E-state index contributed by atoms with van der Waals surface area (Å²) >= 11 is 0. The average molecular weight is 159 g/mol. The molecular weight excluding hydrogens is 152 g/mol. The minimum Gasteiger partial charge on any atom is -0.506 e. The van der Waals surface area contributed by atoms with Crippen molar-refractivity contribution in [1.82, 2.24) is 4.98 Å². The lowest BCUT2D eigenvalue weighted by atomic mass is 10.1. The molecule has 1 radical (unpaired) electrons. The van der Waals surface area contributed by atoms with Crippen LogP contribution in [0.3, 0.4) is 0 Å². The van der Waals surface area contributed by atoms with Gasteiger partial charge in [-0.15, -0.1) is 0 Å². The summed E-state index contributed by atoms with van der Waals surface area (Å²) in [6.45, 7) is 0. The molecule has 0 fully saturated rings. The van der Waals surface area contributed by atoms with E-state index in [1.165, 1.54) is 6.20 Å². The summed E-state index contributed by atoms with van der Waals surface area (Å²) in [7, 11) is 0. The van der Waals surface area contributed by atoms with Crippen molar-refractivity contribution < 1.29 is 5.11 Å². The molecule has 0 bridgehead atoms. The molecule has 12 heavy (non-hydrogen) atoms. The van der Waals surface area contributed by atoms with Crippen LogP contribution in [-0.4, -0.2) is 10.1 Å². The molecule has 59 valence electrons. The first kappa shape index (κ1) is 6.91. The van der Waals surface area contributed by atoms with Gasteiger partial charge in [0.05, 0.1) is 6.20 Å². The van der Waals surface area contributed by atoms with E-state index in [-0.39, 0.29) is 5.75 Å². The van der Waals surface area contributed by atoms with E-state index in [9.17, 15) is 5.11 Å². The number of benzene rings is 1. The molecule has 0 saturated heterocycles. The highest BCUT2D eigenvalue weighted by Gasteiger charge is 2.01. The number of fused-ring (bicyclic) bond motifs is 1. The van der Waals surface area contributed by atoms with Crippen LogP contribution in [0.1, 0.15) is 0 Å². The number of hydrogen-bond donors (Lipinski definition) is 2. The molecule has 0 saturated carbocycles. The number of pyridine rings is 1. The van der Waals surface area contributed by atoms with Crippen molar-refractivity contribution in [2.45, 2.75) is 0 Å². The molecule has 1 aromatic heterocycles. The summed E-state index contributed by atoms with van der Waals surface area (Å²) in [5.41, 5.74) is 5.58. The Hall–Kier alpha value is -1.77. The van der Waals surface area contributed by atoms with Crippen LogP contribution in [0.2, 0.25) is 0 Å². The Morgan fingerprint density at radius 3 is 3.00 bits per heavy atom. The van der Waals surface area contributed by atoms with Gasteiger partial charge in [-0.3, -0.25) is 0 Å². The molecule has 3 nitrogen and oxygen atoms in total. The van der Waals surface area contributed by atoms with E-state index in [2.05, 4.69) is 11.1 Å². The maximum absolute atomic E-state index is 9.36. The lowest BCUT2D eigenvalue weighted by Crippen LogP contribution is -1.90.